The lowest BCUT2D eigenvalue weighted by Crippen LogP contribution is -2.40. The van der Waals surface area contributed by atoms with Crippen LogP contribution in [0.2, 0.25) is 0 Å². The van der Waals surface area contributed by atoms with Crippen molar-refractivity contribution < 1.29 is 19.4 Å². The van der Waals surface area contributed by atoms with Gasteiger partial charge in [0.15, 0.2) is 0 Å². The quantitative estimate of drug-likeness (QED) is 0.850. The predicted molar refractivity (Wildman–Crippen MR) is 71.2 cm³/mol. The summed E-state index contributed by atoms with van der Waals surface area (Å²) in [6.45, 7) is 3.64. The van der Waals surface area contributed by atoms with Gasteiger partial charge in [0, 0.05) is 7.05 Å². The average molecular weight is 265 g/mol. The van der Waals surface area contributed by atoms with Crippen molar-refractivity contribution in [1.29, 1.82) is 0 Å². The number of carbonyl (C=O) groups excluding carboxylic acids is 1. The number of hydrogen-bond acceptors (Lipinski definition) is 3. The monoisotopic (exact) mass is 265 g/mol. The Hall–Kier alpha value is -2.04. The summed E-state index contributed by atoms with van der Waals surface area (Å²) in [6.07, 6.45) is 0.155. The van der Waals surface area contributed by atoms with Crippen LogP contribution in [0, 0.1) is 6.92 Å². The highest BCUT2D eigenvalue weighted by Crippen LogP contribution is 2.16. The molecule has 0 spiro atoms. The third-order valence-electron chi connectivity index (χ3n) is 3.00. The lowest BCUT2D eigenvalue weighted by Gasteiger charge is -2.21. The van der Waals surface area contributed by atoms with E-state index in [2.05, 4.69) is 0 Å². The average Bonchev–Trinajstić information content (AvgIpc) is 2.38. The highest BCUT2D eigenvalue weighted by atomic mass is 16.5. The first-order chi connectivity index (χ1) is 8.93. The zero-order valence-electron chi connectivity index (χ0n) is 11.4. The van der Waals surface area contributed by atoms with Gasteiger partial charge in [-0.2, -0.15) is 0 Å². The number of amides is 1. The zero-order valence-corrected chi connectivity index (χ0v) is 11.4. The topological polar surface area (TPSA) is 66.8 Å². The summed E-state index contributed by atoms with van der Waals surface area (Å²) in [4.78, 5) is 23.7. The molecule has 1 atom stereocenters. The Morgan fingerprint density at radius 3 is 2.58 bits per heavy atom. The molecule has 0 aliphatic carbocycles. The number of rotatable bonds is 6. The van der Waals surface area contributed by atoms with Crippen LogP contribution in [0.15, 0.2) is 24.3 Å². The van der Waals surface area contributed by atoms with E-state index in [1.54, 1.807) is 0 Å². The van der Waals surface area contributed by atoms with E-state index in [0.717, 1.165) is 11.3 Å². The Morgan fingerprint density at radius 2 is 2.00 bits per heavy atom. The molecule has 1 rings (SSSR count). The summed E-state index contributed by atoms with van der Waals surface area (Å²) in [5.41, 5.74) is 1.00. The van der Waals surface area contributed by atoms with Gasteiger partial charge >= 0.3 is 5.97 Å². The number of benzene rings is 1. The van der Waals surface area contributed by atoms with E-state index in [-0.39, 0.29) is 18.9 Å². The molecule has 5 nitrogen and oxygen atoms in total. The van der Waals surface area contributed by atoms with Crippen LogP contribution < -0.4 is 4.74 Å². The molecule has 0 radical (unpaired) electrons. The van der Waals surface area contributed by atoms with Crippen LogP contribution in [0.3, 0.4) is 0 Å². The number of ether oxygens (including phenoxy) is 1. The van der Waals surface area contributed by atoms with E-state index in [1.807, 2.05) is 31.2 Å². The van der Waals surface area contributed by atoms with Crippen molar-refractivity contribution in [2.45, 2.75) is 26.3 Å². The Balaban J connectivity index is 2.43. The van der Waals surface area contributed by atoms with Gasteiger partial charge in [-0.3, -0.25) is 4.79 Å². The Kier molecular flexibility index (Phi) is 5.36. The Labute approximate surface area is 112 Å². The number of carboxylic acids is 1. The van der Waals surface area contributed by atoms with E-state index in [0.29, 0.717) is 0 Å². The summed E-state index contributed by atoms with van der Waals surface area (Å²) in [5, 5.41) is 8.82. The molecule has 1 aromatic rings. The molecule has 104 valence electrons. The van der Waals surface area contributed by atoms with Crippen LogP contribution in [0.1, 0.15) is 18.9 Å². The maximum atomic E-state index is 11.7. The number of aryl methyl sites for hydroxylation is 1. The molecular weight excluding hydrogens is 246 g/mol. The molecule has 1 aromatic carbocycles. The number of carboxylic acid groups (broad SMARTS) is 1. The third kappa shape index (κ3) is 4.28. The van der Waals surface area contributed by atoms with E-state index in [1.165, 1.54) is 18.9 Å². The van der Waals surface area contributed by atoms with Crippen molar-refractivity contribution >= 4 is 11.9 Å². The maximum absolute atomic E-state index is 11.7. The zero-order chi connectivity index (χ0) is 14.4. The van der Waals surface area contributed by atoms with Gasteiger partial charge in [0.1, 0.15) is 11.8 Å². The standard InChI is InChI=1S/C14H19NO4/c1-10-6-4-5-7-12(10)19-9-8-13(16)15(3)11(2)14(17)18/h4-7,11H,8-9H2,1-3H3,(H,17,18). The highest BCUT2D eigenvalue weighted by molar-refractivity contribution is 5.83. The van der Waals surface area contributed by atoms with Crippen LogP contribution in [0.25, 0.3) is 0 Å². The highest BCUT2D eigenvalue weighted by Gasteiger charge is 2.21. The normalized spacial score (nSPS) is 11.7. The fourth-order valence-corrected chi connectivity index (χ4v) is 1.52. The third-order valence-corrected chi connectivity index (χ3v) is 3.00. The van der Waals surface area contributed by atoms with Gasteiger partial charge in [-0.05, 0) is 25.5 Å². The molecular formula is C14H19NO4. The number of likely N-dealkylation sites (N-methyl/N-ethyl adjacent to an activating group) is 1. The van der Waals surface area contributed by atoms with Crippen LogP contribution in [0.5, 0.6) is 5.75 Å². The smallest absolute Gasteiger partial charge is 0.326 e. The first-order valence-electron chi connectivity index (χ1n) is 6.10. The van der Waals surface area contributed by atoms with Gasteiger partial charge in [0.25, 0.3) is 0 Å². The van der Waals surface area contributed by atoms with Crippen molar-refractivity contribution in [3.63, 3.8) is 0 Å². The molecule has 0 bridgehead atoms. The summed E-state index contributed by atoms with van der Waals surface area (Å²) in [5.74, 6) is -0.525. The summed E-state index contributed by atoms with van der Waals surface area (Å²) < 4.78 is 5.50. The van der Waals surface area contributed by atoms with Gasteiger partial charge < -0.3 is 14.7 Å². The fourth-order valence-electron chi connectivity index (χ4n) is 1.52. The van der Waals surface area contributed by atoms with Crippen LogP contribution in [0.4, 0.5) is 0 Å². The number of nitrogens with zero attached hydrogens (tertiary/aromatic N) is 1. The van der Waals surface area contributed by atoms with E-state index < -0.39 is 12.0 Å². The lowest BCUT2D eigenvalue weighted by molar-refractivity contribution is -0.148. The summed E-state index contributed by atoms with van der Waals surface area (Å²) >= 11 is 0. The van der Waals surface area contributed by atoms with Crippen molar-refractivity contribution in [3.8, 4) is 5.75 Å². The van der Waals surface area contributed by atoms with Crippen molar-refractivity contribution in [2.75, 3.05) is 13.7 Å². The molecule has 1 amide bonds. The lowest BCUT2D eigenvalue weighted by atomic mass is 10.2. The molecule has 0 heterocycles. The number of aliphatic carboxylic acids is 1. The first kappa shape index (κ1) is 15.0. The summed E-state index contributed by atoms with van der Waals surface area (Å²) in [7, 11) is 1.48. The van der Waals surface area contributed by atoms with Crippen molar-refractivity contribution in [2.24, 2.45) is 0 Å². The molecule has 1 N–H and O–H groups in total. The van der Waals surface area contributed by atoms with Gasteiger partial charge in [0.05, 0.1) is 13.0 Å². The number of hydrogen-bond donors (Lipinski definition) is 1. The molecule has 5 heteroatoms. The van der Waals surface area contributed by atoms with Gasteiger partial charge in [-0.15, -0.1) is 0 Å². The predicted octanol–water partition coefficient (Wildman–Crippen LogP) is 1.70. The molecule has 0 aliphatic rings. The molecule has 1 unspecified atom stereocenters. The second kappa shape index (κ2) is 6.78. The molecule has 0 aliphatic heterocycles. The van der Waals surface area contributed by atoms with Crippen LogP contribution in [-0.2, 0) is 9.59 Å². The Bertz CT molecular complexity index is 459. The number of para-hydroxylation sites is 1. The molecule has 19 heavy (non-hydrogen) atoms. The van der Waals surface area contributed by atoms with E-state index in [9.17, 15) is 9.59 Å². The summed E-state index contributed by atoms with van der Waals surface area (Å²) in [6, 6.07) is 6.71. The van der Waals surface area contributed by atoms with Gasteiger partial charge in [-0.1, -0.05) is 18.2 Å². The van der Waals surface area contributed by atoms with E-state index in [4.69, 9.17) is 9.84 Å². The molecule has 0 saturated carbocycles. The van der Waals surface area contributed by atoms with Gasteiger partial charge in [-0.25, -0.2) is 4.79 Å². The van der Waals surface area contributed by atoms with Crippen LogP contribution >= 0.6 is 0 Å². The minimum atomic E-state index is -1.02. The second-order valence-electron chi connectivity index (χ2n) is 4.38. The second-order valence-corrected chi connectivity index (χ2v) is 4.38. The maximum Gasteiger partial charge on any atom is 0.326 e. The number of carbonyl (C=O) groups is 2. The van der Waals surface area contributed by atoms with Crippen molar-refractivity contribution in [3.05, 3.63) is 29.8 Å². The van der Waals surface area contributed by atoms with Gasteiger partial charge in [0.2, 0.25) is 5.91 Å². The molecule has 0 saturated heterocycles. The van der Waals surface area contributed by atoms with Crippen molar-refractivity contribution in [1.82, 2.24) is 4.90 Å². The minimum absolute atomic E-state index is 0.155. The molecule has 0 aromatic heterocycles. The Morgan fingerprint density at radius 1 is 1.37 bits per heavy atom. The van der Waals surface area contributed by atoms with Crippen LogP contribution in [-0.4, -0.2) is 41.6 Å². The molecule has 0 fully saturated rings. The first-order valence-corrected chi connectivity index (χ1v) is 6.10. The largest absolute Gasteiger partial charge is 0.493 e. The fraction of sp³-hybridized carbons (Fsp3) is 0.429. The minimum Gasteiger partial charge on any atom is -0.493 e. The SMILES string of the molecule is Cc1ccccc1OCCC(=O)N(C)C(C)C(=O)O. The van der Waals surface area contributed by atoms with E-state index >= 15 is 0 Å².